The fraction of sp³-hybridized carbons (Fsp3) is 0.188. The van der Waals surface area contributed by atoms with Gasteiger partial charge in [0.25, 0.3) is 5.89 Å². The maximum atomic E-state index is 12.9. The Morgan fingerprint density at radius 1 is 1.14 bits per heavy atom. The first kappa shape index (κ1) is 19.3. The molecule has 1 aliphatic rings. The Morgan fingerprint density at radius 3 is 2.61 bits per heavy atom. The predicted molar refractivity (Wildman–Crippen MR) is 96.1 cm³/mol. The molecule has 0 bridgehead atoms. The lowest BCUT2D eigenvalue weighted by Crippen LogP contribution is -2.20. The molecule has 0 saturated heterocycles. The Morgan fingerprint density at radius 2 is 1.89 bits per heavy atom. The van der Waals surface area contributed by atoms with E-state index in [0.717, 1.165) is 16.7 Å². The first-order valence-corrected chi connectivity index (χ1v) is 8.84. The monoisotopic (exact) mass is 450 g/mol. The highest BCUT2D eigenvalue weighted by atomic mass is 35.5. The van der Waals surface area contributed by atoms with E-state index in [1.54, 1.807) is 0 Å². The zero-order valence-corrected chi connectivity index (χ0v) is 15.7. The van der Waals surface area contributed by atoms with Crippen LogP contribution in [0.4, 0.5) is 13.2 Å². The van der Waals surface area contributed by atoms with Gasteiger partial charge in [-0.05, 0) is 12.1 Å². The van der Waals surface area contributed by atoms with Gasteiger partial charge in [0.15, 0.2) is 5.65 Å². The molecule has 0 fully saturated rings. The average Bonchev–Trinajstić information content (AvgIpc) is 3.24. The molecule has 3 aromatic rings. The summed E-state index contributed by atoms with van der Waals surface area (Å²) in [5.74, 6) is 0.0406. The molecule has 1 N–H and O–H groups in total. The second-order valence-electron chi connectivity index (χ2n) is 5.88. The fourth-order valence-electron chi connectivity index (χ4n) is 2.60. The van der Waals surface area contributed by atoms with Crippen LogP contribution >= 0.6 is 34.8 Å². The van der Waals surface area contributed by atoms with Crippen LogP contribution in [0.1, 0.15) is 11.4 Å². The third kappa shape index (κ3) is 3.39. The largest absolute Gasteiger partial charge is 0.417 e. The summed E-state index contributed by atoms with van der Waals surface area (Å²) in [6.45, 7) is 0. The van der Waals surface area contributed by atoms with Crippen molar-refractivity contribution in [3.05, 3.63) is 52.1 Å². The zero-order valence-electron chi connectivity index (χ0n) is 13.5. The minimum atomic E-state index is -4.56. The van der Waals surface area contributed by atoms with Gasteiger partial charge < -0.3 is 14.0 Å². The summed E-state index contributed by atoms with van der Waals surface area (Å²) >= 11 is 18.0. The molecule has 146 valence electrons. The number of hydrogen-bond donors (Lipinski definition) is 1. The summed E-state index contributed by atoms with van der Waals surface area (Å²) in [6, 6.07) is 0.788. The van der Waals surface area contributed by atoms with E-state index < -0.39 is 23.2 Å². The van der Waals surface area contributed by atoms with Gasteiger partial charge in [-0.15, -0.1) is 11.6 Å². The molecule has 0 aliphatic heterocycles. The molecule has 28 heavy (non-hydrogen) atoms. The number of pyridine rings is 1. The molecule has 4 rings (SSSR count). The van der Waals surface area contributed by atoms with Crippen LogP contribution in [0.5, 0.6) is 0 Å². The highest BCUT2D eigenvalue weighted by Crippen LogP contribution is 2.34. The molecule has 0 aromatic carbocycles. The fourth-order valence-corrected chi connectivity index (χ4v) is 3.33. The maximum absolute atomic E-state index is 12.9. The Kier molecular flexibility index (Phi) is 4.65. The number of aromatic nitrogens is 4. The van der Waals surface area contributed by atoms with E-state index in [0.29, 0.717) is 5.57 Å². The van der Waals surface area contributed by atoms with Crippen molar-refractivity contribution in [3.8, 4) is 11.6 Å². The van der Waals surface area contributed by atoms with Gasteiger partial charge >= 0.3 is 6.18 Å². The number of imidazole rings is 1. The van der Waals surface area contributed by atoms with Gasteiger partial charge in [0.05, 0.1) is 27.1 Å². The molecule has 2 unspecified atom stereocenters. The number of alkyl halides is 4. The van der Waals surface area contributed by atoms with Crippen LogP contribution in [0.2, 0.25) is 5.02 Å². The van der Waals surface area contributed by atoms with Crippen LogP contribution in [0, 0.1) is 0 Å². The summed E-state index contributed by atoms with van der Waals surface area (Å²) in [4.78, 5) is 8.30. The maximum Gasteiger partial charge on any atom is 0.417 e. The molecule has 0 amide bonds. The minimum absolute atomic E-state index is 0.0501. The van der Waals surface area contributed by atoms with Crippen LogP contribution in [0.15, 0.2) is 40.2 Å². The summed E-state index contributed by atoms with van der Waals surface area (Å²) < 4.78 is 45.1. The van der Waals surface area contributed by atoms with E-state index in [4.69, 9.17) is 39.3 Å². The van der Waals surface area contributed by atoms with Crippen LogP contribution in [0.3, 0.4) is 0 Å². The SMILES string of the molecule is OC1C=C(Cl)C(c2noc(-c3cn4cc(C(F)(F)F)cc(Cl)c4n3)n2)=CC1Cl. The molecule has 0 spiro atoms. The zero-order chi connectivity index (χ0) is 20.2. The Bertz CT molecular complexity index is 1140. The third-order valence-corrected chi connectivity index (χ3v) is 4.94. The van der Waals surface area contributed by atoms with Gasteiger partial charge in [-0.3, -0.25) is 0 Å². The van der Waals surface area contributed by atoms with Gasteiger partial charge in [-0.2, -0.15) is 18.2 Å². The van der Waals surface area contributed by atoms with E-state index >= 15 is 0 Å². The van der Waals surface area contributed by atoms with Gasteiger partial charge in [0.2, 0.25) is 5.82 Å². The molecule has 1 aliphatic carbocycles. The van der Waals surface area contributed by atoms with Crippen molar-refractivity contribution >= 4 is 46.0 Å². The number of aliphatic hydroxyl groups excluding tert-OH is 1. The Balaban J connectivity index is 1.73. The number of hydrogen-bond acceptors (Lipinski definition) is 5. The van der Waals surface area contributed by atoms with Crippen LogP contribution in [-0.2, 0) is 6.18 Å². The average molecular weight is 452 g/mol. The van der Waals surface area contributed by atoms with Gasteiger partial charge in [0.1, 0.15) is 5.69 Å². The number of fused-ring (bicyclic) bond motifs is 1. The standard InChI is InChI=1S/C16H8Cl3F3N4O2/c17-8-3-12(27)9(18)2-7(8)13-24-15(28-25-13)11-5-26-4-6(16(20,21)22)1-10(19)14(26)23-11/h1-5,9,12,27H. The first-order valence-electron chi connectivity index (χ1n) is 7.65. The molecule has 2 atom stereocenters. The molecule has 0 saturated carbocycles. The molecule has 12 heteroatoms. The normalized spacial score (nSPS) is 20.4. The van der Waals surface area contributed by atoms with Crippen molar-refractivity contribution in [2.75, 3.05) is 0 Å². The predicted octanol–water partition coefficient (Wildman–Crippen LogP) is 4.54. The van der Waals surface area contributed by atoms with Crippen molar-refractivity contribution in [1.29, 1.82) is 0 Å². The van der Waals surface area contributed by atoms with E-state index in [2.05, 4.69) is 15.1 Å². The summed E-state index contributed by atoms with van der Waals surface area (Å²) in [5, 5.41) is 12.7. The highest BCUT2D eigenvalue weighted by Gasteiger charge is 2.32. The van der Waals surface area contributed by atoms with Crippen molar-refractivity contribution in [2.45, 2.75) is 17.7 Å². The van der Waals surface area contributed by atoms with Crippen LogP contribution in [0.25, 0.3) is 22.8 Å². The Labute approximate surface area is 169 Å². The Hall–Kier alpha value is -2.07. The second kappa shape index (κ2) is 6.77. The van der Waals surface area contributed by atoms with Crippen LogP contribution < -0.4 is 0 Å². The summed E-state index contributed by atoms with van der Waals surface area (Å²) in [5.41, 5.74) is -0.346. The lowest BCUT2D eigenvalue weighted by molar-refractivity contribution is -0.137. The van der Waals surface area contributed by atoms with E-state index in [1.807, 2.05) is 0 Å². The molecular weight excluding hydrogens is 444 g/mol. The first-order chi connectivity index (χ1) is 13.1. The summed E-state index contributed by atoms with van der Waals surface area (Å²) in [7, 11) is 0. The smallest absolute Gasteiger partial charge is 0.387 e. The van der Waals surface area contributed by atoms with Crippen molar-refractivity contribution < 1.29 is 22.8 Å². The number of halogens is 6. The highest BCUT2D eigenvalue weighted by molar-refractivity contribution is 6.37. The molecule has 3 aromatic heterocycles. The third-order valence-electron chi connectivity index (χ3n) is 3.95. The molecule has 6 nitrogen and oxygen atoms in total. The van der Waals surface area contributed by atoms with Gasteiger partial charge in [0, 0.05) is 18.0 Å². The van der Waals surface area contributed by atoms with Gasteiger partial charge in [-0.1, -0.05) is 34.4 Å². The van der Waals surface area contributed by atoms with E-state index in [9.17, 15) is 18.3 Å². The number of nitrogens with zero attached hydrogens (tertiary/aromatic N) is 4. The number of aliphatic hydroxyl groups is 1. The lowest BCUT2D eigenvalue weighted by Gasteiger charge is -2.17. The quantitative estimate of drug-likeness (QED) is 0.579. The van der Waals surface area contributed by atoms with Crippen molar-refractivity contribution in [2.24, 2.45) is 0 Å². The minimum Gasteiger partial charge on any atom is -0.387 e. The van der Waals surface area contributed by atoms with Crippen LogP contribution in [-0.4, -0.2) is 36.1 Å². The van der Waals surface area contributed by atoms with E-state index in [1.165, 1.54) is 18.3 Å². The molecule has 0 radical (unpaired) electrons. The molecular formula is C16H8Cl3F3N4O2. The number of rotatable bonds is 2. The van der Waals surface area contributed by atoms with E-state index in [-0.39, 0.29) is 33.1 Å². The lowest BCUT2D eigenvalue weighted by atomic mass is 10.0. The van der Waals surface area contributed by atoms with Crippen molar-refractivity contribution in [1.82, 2.24) is 19.5 Å². The molecule has 3 heterocycles. The number of allylic oxidation sites excluding steroid dienone is 2. The van der Waals surface area contributed by atoms with Crippen molar-refractivity contribution in [3.63, 3.8) is 0 Å². The second-order valence-corrected chi connectivity index (χ2v) is 7.20. The van der Waals surface area contributed by atoms with Gasteiger partial charge in [-0.25, -0.2) is 4.98 Å². The topological polar surface area (TPSA) is 76.5 Å². The summed E-state index contributed by atoms with van der Waals surface area (Å²) in [6.07, 6.45) is -0.550.